The highest BCUT2D eigenvalue weighted by molar-refractivity contribution is 5.92. The predicted molar refractivity (Wildman–Crippen MR) is 79.4 cm³/mol. The van der Waals surface area contributed by atoms with Gasteiger partial charge in [0.1, 0.15) is 17.1 Å². The molecule has 0 saturated carbocycles. The fourth-order valence-electron chi connectivity index (χ4n) is 3.13. The van der Waals surface area contributed by atoms with Gasteiger partial charge in [0.05, 0.1) is 6.26 Å². The van der Waals surface area contributed by atoms with Crippen LogP contribution in [0.2, 0.25) is 0 Å². The monoisotopic (exact) mass is 294 g/mol. The number of benzene rings is 1. The highest BCUT2D eigenvalue weighted by atomic mass is 16.5. The van der Waals surface area contributed by atoms with E-state index < -0.39 is 5.60 Å². The number of aliphatic hydroxyl groups is 1. The highest BCUT2D eigenvalue weighted by Crippen LogP contribution is 2.48. The number of fused-ring (bicyclic) bond motifs is 1. The molecule has 0 fully saturated rings. The summed E-state index contributed by atoms with van der Waals surface area (Å²) < 4.78 is 10.8. The van der Waals surface area contributed by atoms with Crippen LogP contribution in [0.4, 0.5) is 0 Å². The molecule has 0 amide bonds. The van der Waals surface area contributed by atoms with E-state index in [1.807, 2.05) is 30.3 Å². The molecule has 1 unspecified atom stereocenters. The first-order valence-electron chi connectivity index (χ1n) is 7.13. The Labute approximate surface area is 127 Å². The van der Waals surface area contributed by atoms with Gasteiger partial charge in [0, 0.05) is 30.1 Å². The molecule has 0 radical (unpaired) electrons. The van der Waals surface area contributed by atoms with Gasteiger partial charge in [0.15, 0.2) is 0 Å². The zero-order chi connectivity index (χ0) is 15.2. The Hall–Kier alpha value is -2.59. The van der Waals surface area contributed by atoms with Gasteiger partial charge >= 0.3 is 5.97 Å². The molecule has 1 atom stereocenters. The zero-order valence-electron chi connectivity index (χ0n) is 11.8. The minimum atomic E-state index is -1.17. The number of esters is 1. The minimum absolute atomic E-state index is 0.303. The number of allylic oxidation sites excluding steroid dienone is 1. The van der Waals surface area contributed by atoms with Crippen LogP contribution in [0.25, 0.3) is 5.57 Å². The number of hydrogen-bond donors (Lipinski definition) is 1. The molecule has 4 heteroatoms. The predicted octanol–water partition coefficient (Wildman–Crippen LogP) is 3.16. The molecule has 2 aromatic rings. The van der Waals surface area contributed by atoms with Crippen molar-refractivity contribution < 1.29 is 19.1 Å². The van der Waals surface area contributed by atoms with Crippen molar-refractivity contribution in [1.29, 1.82) is 0 Å². The summed E-state index contributed by atoms with van der Waals surface area (Å²) in [6.07, 6.45) is 3.63. The normalized spacial score (nSPS) is 24.0. The van der Waals surface area contributed by atoms with Crippen molar-refractivity contribution in [3.8, 4) is 0 Å². The summed E-state index contributed by atoms with van der Waals surface area (Å²) in [6, 6.07) is 13.2. The fourth-order valence-corrected chi connectivity index (χ4v) is 3.13. The second kappa shape index (κ2) is 4.71. The summed E-state index contributed by atoms with van der Waals surface area (Å²) in [4.78, 5) is 11.6. The highest BCUT2D eigenvalue weighted by Gasteiger charge is 2.43. The summed E-state index contributed by atoms with van der Waals surface area (Å²) in [5.74, 6) is 0.690. The molecule has 0 bridgehead atoms. The lowest BCUT2D eigenvalue weighted by Gasteiger charge is -2.32. The van der Waals surface area contributed by atoms with Crippen LogP contribution in [-0.2, 0) is 15.1 Å². The Kier molecular flexibility index (Phi) is 2.81. The van der Waals surface area contributed by atoms with Crippen LogP contribution in [0.15, 0.2) is 70.6 Å². The molecule has 2 aliphatic rings. The first kappa shape index (κ1) is 13.1. The van der Waals surface area contributed by atoms with E-state index in [0.29, 0.717) is 29.9 Å². The molecule has 4 rings (SSSR count). The molecule has 2 heterocycles. The maximum atomic E-state index is 11.6. The van der Waals surface area contributed by atoms with Crippen LogP contribution in [-0.4, -0.2) is 11.1 Å². The van der Waals surface area contributed by atoms with E-state index >= 15 is 0 Å². The third-order valence-corrected chi connectivity index (χ3v) is 4.11. The van der Waals surface area contributed by atoms with Crippen LogP contribution in [0.1, 0.15) is 24.2 Å². The summed E-state index contributed by atoms with van der Waals surface area (Å²) in [6.45, 7) is 0. The van der Waals surface area contributed by atoms with Gasteiger partial charge in [-0.1, -0.05) is 30.3 Å². The van der Waals surface area contributed by atoms with Gasteiger partial charge in [-0.15, -0.1) is 0 Å². The SMILES string of the molecule is O=C1C=C2CC(O)(c3ccco3)CC(c3ccccc3)=C2O1. The molecule has 1 N–H and O–H groups in total. The Morgan fingerprint density at radius 1 is 1.05 bits per heavy atom. The molecule has 110 valence electrons. The van der Waals surface area contributed by atoms with Gasteiger partial charge in [-0.05, 0) is 17.7 Å². The lowest BCUT2D eigenvalue weighted by Crippen LogP contribution is -2.30. The van der Waals surface area contributed by atoms with Crippen molar-refractivity contribution in [3.05, 3.63) is 77.5 Å². The largest absolute Gasteiger partial charge is 0.466 e. The number of carbonyl (C=O) groups is 1. The molecule has 22 heavy (non-hydrogen) atoms. The van der Waals surface area contributed by atoms with E-state index in [2.05, 4.69) is 0 Å². The molecule has 1 aliphatic heterocycles. The number of furan rings is 1. The number of ether oxygens (including phenoxy) is 1. The van der Waals surface area contributed by atoms with Crippen molar-refractivity contribution in [2.45, 2.75) is 18.4 Å². The summed E-state index contributed by atoms with van der Waals surface area (Å²) >= 11 is 0. The minimum Gasteiger partial charge on any atom is -0.466 e. The molecular weight excluding hydrogens is 280 g/mol. The smallest absolute Gasteiger partial charge is 0.336 e. The Bertz CT molecular complexity index is 784. The van der Waals surface area contributed by atoms with E-state index in [-0.39, 0.29) is 5.97 Å². The number of hydrogen-bond acceptors (Lipinski definition) is 4. The van der Waals surface area contributed by atoms with Crippen molar-refractivity contribution in [2.75, 3.05) is 0 Å². The number of rotatable bonds is 2. The van der Waals surface area contributed by atoms with Crippen LogP contribution in [0.5, 0.6) is 0 Å². The van der Waals surface area contributed by atoms with Crippen molar-refractivity contribution in [3.63, 3.8) is 0 Å². The molecule has 4 nitrogen and oxygen atoms in total. The topological polar surface area (TPSA) is 59.7 Å². The average Bonchev–Trinajstić information content (AvgIpc) is 3.16. The van der Waals surface area contributed by atoms with Gasteiger partial charge in [-0.25, -0.2) is 4.79 Å². The van der Waals surface area contributed by atoms with Crippen LogP contribution in [0.3, 0.4) is 0 Å². The first-order valence-corrected chi connectivity index (χ1v) is 7.13. The first-order chi connectivity index (χ1) is 10.7. The van der Waals surface area contributed by atoms with Crippen molar-refractivity contribution in [2.24, 2.45) is 0 Å². The maximum Gasteiger partial charge on any atom is 0.336 e. The van der Waals surface area contributed by atoms with Gasteiger partial charge in [-0.3, -0.25) is 0 Å². The number of carbonyl (C=O) groups excluding carboxylic acids is 1. The molecule has 1 aromatic carbocycles. The van der Waals surface area contributed by atoms with Crippen LogP contribution < -0.4 is 0 Å². The third-order valence-electron chi connectivity index (χ3n) is 4.11. The standard InChI is InChI=1S/C18H14O4/c19-16-9-13-10-18(20,15-7-4-8-21-15)11-14(17(13)22-16)12-5-2-1-3-6-12/h1-9,20H,10-11H2. The summed E-state index contributed by atoms with van der Waals surface area (Å²) in [5.41, 5.74) is 1.30. The van der Waals surface area contributed by atoms with Gasteiger partial charge < -0.3 is 14.3 Å². The van der Waals surface area contributed by atoms with Gasteiger partial charge in [0.2, 0.25) is 0 Å². The second-order valence-corrected chi connectivity index (χ2v) is 5.63. The zero-order valence-corrected chi connectivity index (χ0v) is 11.8. The summed E-state index contributed by atoms with van der Waals surface area (Å²) in [7, 11) is 0. The Morgan fingerprint density at radius 3 is 2.59 bits per heavy atom. The van der Waals surface area contributed by atoms with Crippen molar-refractivity contribution >= 4 is 11.5 Å². The van der Waals surface area contributed by atoms with E-state index in [9.17, 15) is 9.90 Å². The second-order valence-electron chi connectivity index (χ2n) is 5.63. The van der Waals surface area contributed by atoms with Crippen molar-refractivity contribution in [1.82, 2.24) is 0 Å². The van der Waals surface area contributed by atoms with E-state index in [0.717, 1.165) is 11.1 Å². The molecule has 1 aromatic heterocycles. The lowest BCUT2D eigenvalue weighted by molar-refractivity contribution is -0.132. The molecular formula is C18H14O4. The van der Waals surface area contributed by atoms with Crippen LogP contribution in [0, 0.1) is 0 Å². The van der Waals surface area contributed by atoms with E-state index in [1.165, 1.54) is 6.08 Å². The molecule has 1 aliphatic carbocycles. The Morgan fingerprint density at radius 2 is 1.86 bits per heavy atom. The van der Waals surface area contributed by atoms with E-state index in [1.54, 1.807) is 18.4 Å². The van der Waals surface area contributed by atoms with E-state index in [4.69, 9.17) is 9.15 Å². The lowest BCUT2D eigenvalue weighted by atomic mass is 9.77. The van der Waals surface area contributed by atoms with Gasteiger partial charge in [0.25, 0.3) is 0 Å². The van der Waals surface area contributed by atoms with Gasteiger partial charge in [-0.2, -0.15) is 0 Å². The molecule has 0 saturated heterocycles. The Balaban J connectivity index is 1.86. The maximum absolute atomic E-state index is 11.6. The fraction of sp³-hybridized carbons (Fsp3) is 0.167. The quantitative estimate of drug-likeness (QED) is 0.864. The summed E-state index contributed by atoms with van der Waals surface area (Å²) in [5, 5.41) is 11.1. The third kappa shape index (κ3) is 2.00. The average molecular weight is 294 g/mol. The van der Waals surface area contributed by atoms with Crippen LogP contribution >= 0.6 is 0 Å². The molecule has 0 spiro atoms.